The summed E-state index contributed by atoms with van der Waals surface area (Å²) in [6.07, 6.45) is 4.17. The Morgan fingerprint density at radius 1 is 1.12 bits per heavy atom. The van der Waals surface area contributed by atoms with Crippen LogP contribution in [0.4, 0.5) is 5.69 Å². The Morgan fingerprint density at radius 3 is 2.71 bits per heavy atom. The van der Waals surface area contributed by atoms with E-state index in [0.29, 0.717) is 5.56 Å². The van der Waals surface area contributed by atoms with Crippen LogP contribution in [-0.4, -0.2) is 15.5 Å². The fraction of sp³-hybridized carbons (Fsp3) is 0.200. The van der Waals surface area contributed by atoms with Crippen molar-refractivity contribution in [3.8, 4) is 11.3 Å². The summed E-state index contributed by atoms with van der Waals surface area (Å²) in [5, 5.41) is 2.96. The monoisotopic (exact) mass is 317 g/mol. The Morgan fingerprint density at radius 2 is 1.92 bits per heavy atom. The fourth-order valence-corrected chi connectivity index (χ4v) is 3.24. The second-order valence-corrected chi connectivity index (χ2v) is 6.16. The van der Waals surface area contributed by atoms with Gasteiger partial charge in [-0.05, 0) is 42.7 Å². The Hall–Kier alpha value is -2.88. The Labute approximate surface area is 141 Å². The van der Waals surface area contributed by atoms with Gasteiger partial charge in [0.15, 0.2) is 0 Å². The third-order valence-corrected chi connectivity index (χ3v) is 4.55. The second kappa shape index (κ2) is 5.96. The normalized spacial score (nSPS) is 12.9. The summed E-state index contributed by atoms with van der Waals surface area (Å²) >= 11 is 0. The van der Waals surface area contributed by atoms with Crippen LogP contribution in [-0.2, 0) is 13.0 Å². The zero-order valence-electron chi connectivity index (χ0n) is 13.6. The zero-order chi connectivity index (χ0) is 16.5. The van der Waals surface area contributed by atoms with E-state index in [1.807, 2.05) is 61.7 Å². The predicted octanol–water partition coefficient (Wildman–Crippen LogP) is 4.06. The van der Waals surface area contributed by atoms with Gasteiger partial charge in [0.2, 0.25) is 0 Å². The van der Waals surface area contributed by atoms with Crippen molar-refractivity contribution in [3.63, 3.8) is 0 Å². The molecule has 0 fully saturated rings. The SMILES string of the molecule is Cc1ccccc1C(=O)Nc1ccc(-c2cnc3n2CCC3)cc1. The van der Waals surface area contributed by atoms with E-state index in [-0.39, 0.29) is 5.91 Å². The molecule has 0 atom stereocenters. The predicted molar refractivity (Wildman–Crippen MR) is 95.1 cm³/mol. The van der Waals surface area contributed by atoms with Gasteiger partial charge in [-0.3, -0.25) is 4.79 Å². The topological polar surface area (TPSA) is 46.9 Å². The van der Waals surface area contributed by atoms with Gasteiger partial charge in [0.05, 0.1) is 11.9 Å². The minimum atomic E-state index is -0.0777. The molecular weight excluding hydrogens is 298 g/mol. The first-order chi connectivity index (χ1) is 11.7. The number of nitrogens with zero attached hydrogens (tertiary/aromatic N) is 2. The highest BCUT2D eigenvalue weighted by molar-refractivity contribution is 6.05. The summed E-state index contributed by atoms with van der Waals surface area (Å²) in [4.78, 5) is 16.9. The molecule has 2 heterocycles. The molecule has 0 aliphatic carbocycles. The third-order valence-electron chi connectivity index (χ3n) is 4.55. The molecule has 4 nitrogen and oxygen atoms in total. The van der Waals surface area contributed by atoms with Gasteiger partial charge in [-0.2, -0.15) is 0 Å². The molecule has 24 heavy (non-hydrogen) atoms. The van der Waals surface area contributed by atoms with Gasteiger partial charge in [-0.25, -0.2) is 4.98 Å². The van der Waals surface area contributed by atoms with Gasteiger partial charge < -0.3 is 9.88 Å². The number of benzene rings is 2. The standard InChI is InChI=1S/C20H19N3O/c1-14-5-2-3-6-17(14)20(24)22-16-10-8-15(9-11-16)18-13-21-19-7-4-12-23(18)19/h2-3,5-6,8-11,13H,4,7,12H2,1H3,(H,22,24). The van der Waals surface area contributed by atoms with Crippen molar-refractivity contribution in [1.82, 2.24) is 9.55 Å². The maximum Gasteiger partial charge on any atom is 0.255 e. The molecule has 120 valence electrons. The van der Waals surface area contributed by atoms with Crippen molar-refractivity contribution in [2.24, 2.45) is 0 Å². The molecule has 1 aromatic heterocycles. The van der Waals surface area contributed by atoms with E-state index >= 15 is 0 Å². The molecule has 1 aliphatic heterocycles. The van der Waals surface area contributed by atoms with Crippen LogP contribution in [0.15, 0.2) is 54.7 Å². The Kier molecular flexibility index (Phi) is 3.65. The van der Waals surface area contributed by atoms with Crippen molar-refractivity contribution in [2.45, 2.75) is 26.3 Å². The number of rotatable bonds is 3. The fourth-order valence-electron chi connectivity index (χ4n) is 3.24. The molecule has 0 radical (unpaired) electrons. The molecule has 1 amide bonds. The van der Waals surface area contributed by atoms with Gasteiger partial charge in [-0.1, -0.05) is 30.3 Å². The number of fused-ring (bicyclic) bond motifs is 1. The minimum Gasteiger partial charge on any atom is -0.328 e. The van der Waals surface area contributed by atoms with Crippen molar-refractivity contribution in [3.05, 3.63) is 71.7 Å². The largest absolute Gasteiger partial charge is 0.328 e. The summed E-state index contributed by atoms with van der Waals surface area (Å²) in [5.74, 6) is 1.09. The molecule has 1 N–H and O–H groups in total. The van der Waals surface area contributed by atoms with E-state index < -0.39 is 0 Å². The quantitative estimate of drug-likeness (QED) is 0.792. The highest BCUT2D eigenvalue weighted by Crippen LogP contribution is 2.26. The lowest BCUT2D eigenvalue weighted by atomic mass is 10.1. The van der Waals surface area contributed by atoms with E-state index in [0.717, 1.165) is 35.5 Å². The number of anilines is 1. The number of aryl methyl sites for hydroxylation is 2. The maximum atomic E-state index is 12.4. The van der Waals surface area contributed by atoms with E-state index in [1.54, 1.807) is 0 Å². The highest BCUT2D eigenvalue weighted by atomic mass is 16.1. The lowest BCUT2D eigenvalue weighted by molar-refractivity contribution is 0.102. The summed E-state index contributed by atoms with van der Waals surface area (Å²) in [5.41, 5.74) is 4.76. The lowest BCUT2D eigenvalue weighted by Crippen LogP contribution is -2.13. The van der Waals surface area contributed by atoms with Crippen LogP contribution < -0.4 is 5.32 Å². The van der Waals surface area contributed by atoms with Crippen LogP contribution >= 0.6 is 0 Å². The smallest absolute Gasteiger partial charge is 0.255 e. The number of carbonyl (C=O) groups excluding carboxylic acids is 1. The zero-order valence-corrected chi connectivity index (χ0v) is 13.6. The average Bonchev–Trinajstić information content (AvgIpc) is 3.19. The molecule has 1 aliphatic rings. The van der Waals surface area contributed by atoms with Crippen LogP contribution in [0, 0.1) is 6.92 Å². The van der Waals surface area contributed by atoms with Crippen molar-refractivity contribution < 1.29 is 4.79 Å². The van der Waals surface area contributed by atoms with E-state index in [2.05, 4.69) is 14.9 Å². The van der Waals surface area contributed by atoms with Gasteiger partial charge in [-0.15, -0.1) is 0 Å². The number of carbonyl (C=O) groups is 1. The van der Waals surface area contributed by atoms with E-state index in [4.69, 9.17) is 0 Å². The van der Waals surface area contributed by atoms with Crippen molar-refractivity contribution in [2.75, 3.05) is 5.32 Å². The maximum absolute atomic E-state index is 12.4. The van der Waals surface area contributed by atoms with Crippen molar-refractivity contribution in [1.29, 1.82) is 0 Å². The van der Waals surface area contributed by atoms with Gasteiger partial charge in [0.1, 0.15) is 5.82 Å². The molecule has 0 unspecified atom stereocenters. The van der Waals surface area contributed by atoms with Crippen LogP contribution in [0.5, 0.6) is 0 Å². The number of amides is 1. The van der Waals surface area contributed by atoms with Crippen LogP contribution in [0.1, 0.15) is 28.2 Å². The second-order valence-electron chi connectivity index (χ2n) is 6.16. The molecular formula is C20H19N3O. The number of hydrogen-bond donors (Lipinski definition) is 1. The van der Waals surface area contributed by atoms with Crippen LogP contribution in [0.3, 0.4) is 0 Å². The van der Waals surface area contributed by atoms with Crippen molar-refractivity contribution >= 4 is 11.6 Å². The highest BCUT2D eigenvalue weighted by Gasteiger charge is 2.16. The van der Waals surface area contributed by atoms with Gasteiger partial charge in [0, 0.05) is 24.2 Å². The van der Waals surface area contributed by atoms with E-state index in [1.165, 1.54) is 12.2 Å². The lowest BCUT2D eigenvalue weighted by Gasteiger charge is -2.09. The summed E-state index contributed by atoms with van der Waals surface area (Å²) in [7, 11) is 0. The Bertz CT molecular complexity index is 894. The molecule has 4 heteroatoms. The van der Waals surface area contributed by atoms with Crippen LogP contribution in [0.25, 0.3) is 11.3 Å². The number of nitrogens with one attached hydrogen (secondary N) is 1. The number of aromatic nitrogens is 2. The molecule has 3 aromatic rings. The summed E-state index contributed by atoms with van der Waals surface area (Å²) < 4.78 is 2.28. The number of hydrogen-bond acceptors (Lipinski definition) is 2. The molecule has 2 aromatic carbocycles. The molecule has 0 spiro atoms. The molecule has 0 bridgehead atoms. The first-order valence-electron chi connectivity index (χ1n) is 8.24. The summed E-state index contributed by atoms with van der Waals surface area (Å²) in [6, 6.07) is 15.6. The first-order valence-corrected chi connectivity index (χ1v) is 8.24. The van der Waals surface area contributed by atoms with Gasteiger partial charge in [0.25, 0.3) is 5.91 Å². The molecule has 0 saturated carbocycles. The summed E-state index contributed by atoms with van der Waals surface area (Å²) in [6.45, 7) is 2.98. The first kappa shape index (κ1) is 14.7. The number of imidazole rings is 1. The minimum absolute atomic E-state index is 0.0777. The van der Waals surface area contributed by atoms with Crippen LogP contribution in [0.2, 0.25) is 0 Å². The molecule has 0 saturated heterocycles. The molecule has 4 rings (SSSR count). The average molecular weight is 317 g/mol. The Balaban J connectivity index is 1.54. The van der Waals surface area contributed by atoms with E-state index in [9.17, 15) is 4.79 Å². The van der Waals surface area contributed by atoms with Gasteiger partial charge >= 0.3 is 0 Å². The third kappa shape index (κ3) is 2.60.